The zero-order chi connectivity index (χ0) is 13.2. The van der Waals surface area contributed by atoms with Crippen molar-refractivity contribution in [2.45, 2.75) is 64.0 Å². The average molecular weight is 254 g/mol. The van der Waals surface area contributed by atoms with E-state index < -0.39 is 0 Å². The normalized spacial score (nSPS) is 33.8. The summed E-state index contributed by atoms with van der Waals surface area (Å²) in [5.74, 6) is 0. The van der Waals surface area contributed by atoms with E-state index in [-0.39, 0.29) is 5.54 Å². The molecule has 0 amide bonds. The fraction of sp³-hybridized carbons (Fsp3) is 1.00. The van der Waals surface area contributed by atoms with Crippen LogP contribution >= 0.6 is 0 Å². The fourth-order valence-electron chi connectivity index (χ4n) is 4.04. The van der Waals surface area contributed by atoms with E-state index in [4.69, 9.17) is 10.5 Å². The van der Waals surface area contributed by atoms with Crippen molar-refractivity contribution in [3.05, 3.63) is 0 Å². The standard InChI is InChI=1S/C15H30N2O/c1-14(2)7-4-8-15(11-14,12-16)17(3)13-5-9-18-10-6-13/h13H,4-12,16H2,1-3H3. The lowest BCUT2D eigenvalue weighted by atomic mass is 9.67. The first-order valence-corrected chi connectivity index (χ1v) is 7.50. The highest BCUT2D eigenvalue weighted by Crippen LogP contribution is 2.44. The second-order valence-electron chi connectivity index (χ2n) is 7.08. The van der Waals surface area contributed by atoms with Gasteiger partial charge in [-0.25, -0.2) is 0 Å². The predicted octanol–water partition coefficient (Wildman–Crippen LogP) is 2.39. The summed E-state index contributed by atoms with van der Waals surface area (Å²) in [5, 5.41) is 0. The molecule has 1 unspecified atom stereocenters. The van der Waals surface area contributed by atoms with Gasteiger partial charge in [-0.3, -0.25) is 4.90 Å². The van der Waals surface area contributed by atoms with Crippen molar-refractivity contribution in [2.24, 2.45) is 11.1 Å². The van der Waals surface area contributed by atoms with Gasteiger partial charge in [-0.1, -0.05) is 20.3 Å². The van der Waals surface area contributed by atoms with E-state index in [2.05, 4.69) is 25.8 Å². The third kappa shape index (κ3) is 2.89. The molecule has 2 N–H and O–H groups in total. The number of ether oxygens (including phenoxy) is 1. The molecule has 0 aromatic rings. The lowest BCUT2D eigenvalue weighted by molar-refractivity contribution is -0.0372. The number of rotatable bonds is 3. The molecule has 1 atom stereocenters. The van der Waals surface area contributed by atoms with E-state index in [9.17, 15) is 0 Å². The number of likely N-dealkylation sites (N-methyl/N-ethyl adjacent to an activating group) is 1. The van der Waals surface area contributed by atoms with Crippen LogP contribution in [0.1, 0.15) is 52.4 Å². The Hall–Kier alpha value is -0.120. The highest BCUT2D eigenvalue weighted by molar-refractivity contribution is 5.00. The number of nitrogens with zero attached hydrogens (tertiary/aromatic N) is 1. The van der Waals surface area contributed by atoms with Gasteiger partial charge in [-0.05, 0) is 44.6 Å². The summed E-state index contributed by atoms with van der Waals surface area (Å²) in [6.07, 6.45) is 7.50. The predicted molar refractivity (Wildman–Crippen MR) is 75.6 cm³/mol. The van der Waals surface area contributed by atoms with Gasteiger partial charge >= 0.3 is 0 Å². The van der Waals surface area contributed by atoms with Gasteiger partial charge in [0.15, 0.2) is 0 Å². The molecule has 1 aliphatic carbocycles. The van der Waals surface area contributed by atoms with Gasteiger partial charge in [0.25, 0.3) is 0 Å². The number of hydrogen-bond acceptors (Lipinski definition) is 3. The fourth-order valence-corrected chi connectivity index (χ4v) is 4.04. The van der Waals surface area contributed by atoms with Crippen molar-refractivity contribution in [3.63, 3.8) is 0 Å². The SMILES string of the molecule is CN(C1CCOCC1)C1(CN)CCCC(C)(C)C1. The van der Waals surface area contributed by atoms with E-state index in [1.807, 2.05) is 0 Å². The molecule has 1 aliphatic heterocycles. The molecule has 2 rings (SSSR count). The zero-order valence-corrected chi connectivity index (χ0v) is 12.4. The lowest BCUT2D eigenvalue weighted by Gasteiger charge is -2.52. The van der Waals surface area contributed by atoms with E-state index in [0.717, 1.165) is 19.8 Å². The minimum atomic E-state index is 0.226. The van der Waals surface area contributed by atoms with Crippen LogP contribution in [0, 0.1) is 5.41 Å². The maximum Gasteiger partial charge on any atom is 0.0480 e. The van der Waals surface area contributed by atoms with Gasteiger partial charge in [-0.15, -0.1) is 0 Å². The van der Waals surface area contributed by atoms with Crippen LogP contribution in [0.25, 0.3) is 0 Å². The number of hydrogen-bond donors (Lipinski definition) is 1. The zero-order valence-electron chi connectivity index (χ0n) is 12.4. The molecule has 0 radical (unpaired) electrons. The van der Waals surface area contributed by atoms with Crippen molar-refractivity contribution < 1.29 is 4.74 Å². The Morgan fingerprint density at radius 3 is 2.44 bits per heavy atom. The highest BCUT2D eigenvalue weighted by Gasteiger charge is 2.43. The Kier molecular flexibility index (Phi) is 4.35. The topological polar surface area (TPSA) is 38.5 Å². The maximum absolute atomic E-state index is 6.19. The van der Waals surface area contributed by atoms with Crippen LogP contribution in [-0.4, -0.2) is 43.3 Å². The summed E-state index contributed by atoms with van der Waals surface area (Å²) in [7, 11) is 2.30. The van der Waals surface area contributed by atoms with Crippen molar-refractivity contribution in [1.29, 1.82) is 0 Å². The minimum absolute atomic E-state index is 0.226. The van der Waals surface area contributed by atoms with E-state index in [0.29, 0.717) is 11.5 Å². The molecule has 1 heterocycles. The molecule has 106 valence electrons. The van der Waals surface area contributed by atoms with Crippen LogP contribution in [0.3, 0.4) is 0 Å². The Bertz CT molecular complexity index is 274. The molecule has 1 saturated heterocycles. The van der Waals surface area contributed by atoms with Crippen molar-refractivity contribution in [1.82, 2.24) is 4.90 Å². The van der Waals surface area contributed by atoms with Gasteiger partial charge in [0.05, 0.1) is 0 Å². The van der Waals surface area contributed by atoms with Gasteiger partial charge in [0.1, 0.15) is 0 Å². The largest absolute Gasteiger partial charge is 0.381 e. The van der Waals surface area contributed by atoms with Crippen LogP contribution in [0.5, 0.6) is 0 Å². The van der Waals surface area contributed by atoms with Crippen molar-refractivity contribution in [3.8, 4) is 0 Å². The van der Waals surface area contributed by atoms with Crippen LogP contribution in [0.2, 0.25) is 0 Å². The Morgan fingerprint density at radius 2 is 1.89 bits per heavy atom. The molecule has 0 aromatic heterocycles. The Labute approximate surface area is 112 Å². The maximum atomic E-state index is 6.19. The molecule has 18 heavy (non-hydrogen) atoms. The van der Waals surface area contributed by atoms with E-state index in [1.54, 1.807) is 0 Å². The van der Waals surface area contributed by atoms with Crippen LogP contribution in [0.4, 0.5) is 0 Å². The Balaban J connectivity index is 2.10. The van der Waals surface area contributed by atoms with Gasteiger partial charge in [0.2, 0.25) is 0 Å². The molecule has 3 nitrogen and oxygen atoms in total. The first kappa shape index (κ1) is 14.3. The molecule has 0 bridgehead atoms. The summed E-state index contributed by atoms with van der Waals surface area (Å²) in [5.41, 5.74) is 6.86. The highest BCUT2D eigenvalue weighted by atomic mass is 16.5. The summed E-state index contributed by atoms with van der Waals surface area (Å²) >= 11 is 0. The average Bonchev–Trinajstić information content (AvgIpc) is 2.37. The summed E-state index contributed by atoms with van der Waals surface area (Å²) in [6.45, 7) is 7.42. The van der Waals surface area contributed by atoms with Crippen molar-refractivity contribution in [2.75, 3.05) is 26.8 Å². The molecule has 0 aromatic carbocycles. The molecular weight excluding hydrogens is 224 g/mol. The minimum Gasteiger partial charge on any atom is -0.381 e. The van der Waals surface area contributed by atoms with Gasteiger partial charge < -0.3 is 10.5 Å². The van der Waals surface area contributed by atoms with Gasteiger partial charge in [0, 0.05) is 31.3 Å². The molecule has 0 spiro atoms. The lowest BCUT2D eigenvalue weighted by Crippen LogP contribution is -2.60. The molecule has 1 saturated carbocycles. The molecular formula is C15H30N2O. The van der Waals surface area contributed by atoms with E-state index >= 15 is 0 Å². The molecule has 2 fully saturated rings. The Morgan fingerprint density at radius 1 is 1.22 bits per heavy atom. The third-order valence-corrected chi connectivity index (χ3v) is 5.17. The molecule has 2 aliphatic rings. The summed E-state index contributed by atoms with van der Waals surface area (Å²) < 4.78 is 5.49. The van der Waals surface area contributed by atoms with E-state index in [1.165, 1.54) is 38.5 Å². The first-order valence-electron chi connectivity index (χ1n) is 7.50. The van der Waals surface area contributed by atoms with Crippen LogP contribution in [0.15, 0.2) is 0 Å². The third-order valence-electron chi connectivity index (χ3n) is 5.17. The van der Waals surface area contributed by atoms with Crippen LogP contribution < -0.4 is 5.73 Å². The van der Waals surface area contributed by atoms with Crippen LogP contribution in [-0.2, 0) is 4.74 Å². The smallest absolute Gasteiger partial charge is 0.0480 e. The summed E-state index contributed by atoms with van der Waals surface area (Å²) in [4.78, 5) is 2.61. The van der Waals surface area contributed by atoms with Gasteiger partial charge in [-0.2, -0.15) is 0 Å². The number of nitrogens with two attached hydrogens (primary N) is 1. The molecule has 3 heteroatoms. The monoisotopic (exact) mass is 254 g/mol. The van der Waals surface area contributed by atoms with Crippen molar-refractivity contribution >= 4 is 0 Å². The summed E-state index contributed by atoms with van der Waals surface area (Å²) in [6, 6.07) is 0.663. The first-order chi connectivity index (χ1) is 8.49. The second-order valence-corrected chi connectivity index (χ2v) is 7.08. The second kappa shape index (κ2) is 5.48. The quantitative estimate of drug-likeness (QED) is 0.840.